The van der Waals surface area contributed by atoms with Crippen LogP contribution in [0.15, 0.2) is 69.3 Å². The molecule has 0 bridgehead atoms. The van der Waals surface area contributed by atoms with Crippen LogP contribution < -0.4 is 5.32 Å². The average Bonchev–Trinajstić information content (AvgIpc) is 3.53. The van der Waals surface area contributed by atoms with Gasteiger partial charge < -0.3 is 9.73 Å². The van der Waals surface area contributed by atoms with Crippen LogP contribution in [0.25, 0.3) is 22.6 Å². The van der Waals surface area contributed by atoms with Gasteiger partial charge in [-0.1, -0.05) is 29.8 Å². The lowest BCUT2D eigenvalue weighted by Crippen LogP contribution is -2.42. The first-order valence-corrected chi connectivity index (χ1v) is 12.6. The minimum Gasteiger partial charge on any atom is -0.436 e. The van der Waals surface area contributed by atoms with Crippen molar-refractivity contribution >= 4 is 55.7 Å². The van der Waals surface area contributed by atoms with Crippen LogP contribution in [0.2, 0.25) is 4.34 Å². The smallest absolute Gasteiger partial charge is 0.253 e. The van der Waals surface area contributed by atoms with Crippen LogP contribution in [0.3, 0.4) is 0 Å². The lowest BCUT2D eigenvalue weighted by Gasteiger charge is -2.22. The first-order valence-electron chi connectivity index (χ1n) is 9.96. The Morgan fingerprint density at radius 1 is 1.16 bits per heavy atom. The fourth-order valence-corrected chi connectivity index (χ4v) is 7.06. The summed E-state index contributed by atoms with van der Waals surface area (Å²) in [6.45, 7) is 0.291. The molecule has 0 radical (unpaired) electrons. The Hall–Kier alpha value is -2.72. The zero-order chi connectivity index (χ0) is 22.3. The highest BCUT2D eigenvalue weighted by molar-refractivity contribution is 7.91. The third-order valence-electron chi connectivity index (χ3n) is 5.29. The summed E-state index contributed by atoms with van der Waals surface area (Å²) in [6.07, 6.45) is 1.06. The highest BCUT2D eigenvalue weighted by atomic mass is 35.5. The van der Waals surface area contributed by atoms with Gasteiger partial charge in [0.25, 0.3) is 10.0 Å². The maximum Gasteiger partial charge on any atom is 0.253 e. The van der Waals surface area contributed by atoms with E-state index in [1.807, 2.05) is 30.3 Å². The van der Waals surface area contributed by atoms with Crippen molar-refractivity contribution in [3.8, 4) is 11.5 Å². The number of hydrogen-bond acceptors (Lipinski definition) is 6. The number of thiophene rings is 1. The average molecular weight is 488 g/mol. The fourth-order valence-electron chi connectivity index (χ4n) is 3.79. The number of fused-ring (bicyclic) bond motifs is 1. The zero-order valence-electron chi connectivity index (χ0n) is 16.7. The molecule has 1 aliphatic heterocycles. The third kappa shape index (κ3) is 3.93. The number of rotatable bonds is 5. The van der Waals surface area contributed by atoms with Gasteiger partial charge in [0, 0.05) is 17.8 Å². The van der Waals surface area contributed by atoms with E-state index in [1.54, 1.807) is 24.3 Å². The third-order valence-corrected chi connectivity index (χ3v) is 8.90. The number of carbonyl (C=O) groups is 1. The van der Waals surface area contributed by atoms with Crippen molar-refractivity contribution in [3.63, 3.8) is 0 Å². The largest absolute Gasteiger partial charge is 0.436 e. The summed E-state index contributed by atoms with van der Waals surface area (Å²) >= 11 is 6.90. The summed E-state index contributed by atoms with van der Waals surface area (Å²) in [7, 11) is -3.79. The predicted molar refractivity (Wildman–Crippen MR) is 124 cm³/mol. The number of hydrogen-bond donors (Lipinski definition) is 1. The minimum absolute atomic E-state index is 0.139. The first kappa shape index (κ1) is 21.1. The molecule has 5 rings (SSSR count). The molecule has 2 aromatic carbocycles. The van der Waals surface area contributed by atoms with Crippen molar-refractivity contribution in [2.24, 2.45) is 0 Å². The standard InChI is InChI=1S/C22H18ClN3O4S2/c23-19-10-11-20(31-19)32(28,29)26-12-4-8-17(26)21(27)24-15-6-3-5-14(13-15)22-25-16-7-1-2-9-18(16)30-22/h1-3,5-7,9-11,13,17H,4,8,12H2,(H,24,27)/t17-/m1/s1. The molecule has 0 aliphatic carbocycles. The molecule has 4 aromatic rings. The Balaban J connectivity index is 1.37. The number of halogens is 1. The summed E-state index contributed by atoms with van der Waals surface area (Å²) < 4.78 is 33.6. The summed E-state index contributed by atoms with van der Waals surface area (Å²) in [5, 5.41) is 2.85. The molecule has 1 N–H and O–H groups in total. The van der Waals surface area contributed by atoms with Crippen LogP contribution in [0, 0.1) is 0 Å². The van der Waals surface area contributed by atoms with Crippen molar-refractivity contribution in [3.05, 3.63) is 65.0 Å². The van der Waals surface area contributed by atoms with E-state index < -0.39 is 16.1 Å². The maximum absolute atomic E-state index is 13.0. The SMILES string of the molecule is O=C(Nc1cccc(-c2nc3ccccc3o2)c1)[C@H]1CCCN1S(=O)(=O)c1ccc(Cl)s1. The number of anilines is 1. The Kier molecular flexibility index (Phi) is 5.50. The molecule has 3 heterocycles. The second kappa shape index (κ2) is 8.32. The second-order valence-electron chi connectivity index (χ2n) is 7.39. The second-order valence-corrected chi connectivity index (χ2v) is 11.2. The molecular formula is C22H18ClN3O4S2. The van der Waals surface area contributed by atoms with Gasteiger partial charge in [0.05, 0.1) is 4.34 Å². The van der Waals surface area contributed by atoms with E-state index in [9.17, 15) is 13.2 Å². The molecule has 1 aliphatic rings. The number of aromatic nitrogens is 1. The van der Waals surface area contributed by atoms with Gasteiger partial charge in [-0.2, -0.15) is 4.31 Å². The fraction of sp³-hybridized carbons (Fsp3) is 0.182. The molecule has 2 aromatic heterocycles. The van der Waals surface area contributed by atoms with Gasteiger partial charge in [0.1, 0.15) is 15.8 Å². The van der Waals surface area contributed by atoms with Crippen molar-refractivity contribution in [1.29, 1.82) is 0 Å². The van der Waals surface area contributed by atoms with Crippen molar-refractivity contribution in [2.45, 2.75) is 23.1 Å². The van der Waals surface area contributed by atoms with Crippen molar-refractivity contribution in [2.75, 3.05) is 11.9 Å². The molecule has 0 unspecified atom stereocenters. The predicted octanol–water partition coefficient (Wildman–Crippen LogP) is 5.00. The molecule has 164 valence electrons. The van der Waals surface area contributed by atoms with Crippen LogP contribution in [-0.2, 0) is 14.8 Å². The van der Waals surface area contributed by atoms with Crippen molar-refractivity contribution in [1.82, 2.24) is 9.29 Å². The van der Waals surface area contributed by atoms with E-state index in [0.29, 0.717) is 46.4 Å². The number of benzene rings is 2. The maximum atomic E-state index is 13.0. The Morgan fingerprint density at radius 2 is 2.00 bits per heavy atom. The lowest BCUT2D eigenvalue weighted by molar-refractivity contribution is -0.119. The minimum atomic E-state index is -3.79. The Bertz CT molecular complexity index is 1380. The van der Waals surface area contributed by atoms with Crippen LogP contribution >= 0.6 is 22.9 Å². The van der Waals surface area contributed by atoms with Crippen LogP contribution in [0.1, 0.15) is 12.8 Å². The number of nitrogens with one attached hydrogen (secondary N) is 1. The van der Waals surface area contributed by atoms with Gasteiger partial charge in [0.15, 0.2) is 5.58 Å². The van der Waals surface area contributed by atoms with Gasteiger partial charge >= 0.3 is 0 Å². The number of nitrogens with zero attached hydrogens (tertiary/aromatic N) is 2. The molecule has 32 heavy (non-hydrogen) atoms. The van der Waals surface area contributed by atoms with E-state index in [0.717, 1.165) is 16.9 Å². The molecule has 0 saturated carbocycles. The van der Waals surface area contributed by atoms with Gasteiger partial charge in [-0.05, 0) is 55.3 Å². The van der Waals surface area contributed by atoms with Gasteiger partial charge in [-0.25, -0.2) is 13.4 Å². The highest BCUT2D eigenvalue weighted by Crippen LogP contribution is 2.33. The molecule has 10 heteroatoms. The van der Waals surface area contributed by atoms with Gasteiger partial charge in [0.2, 0.25) is 11.8 Å². The summed E-state index contributed by atoms with van der Waals surface area (Å²) in [5.41, 5.74) is 2.68. The van der Waals surface area contributed by atoms with E-state index in [1.165, 1.54) is 10.4 Å². The zero-order valence-corrected chi connectivity index (χ0v) is 19.1. The number of sulfonamides is 1. The summed E-state index contributed by atoms with van der Waals surface area (Å²) in [5.74, 6) is 0.0744. The number of oxazole rings is 1. The molecule has 1 saturated heterocycles. The summed E-state index contributed by atoms with van der Waals surface area (Å²) in [6, 6.07) is 16.8. The Morgan fingerprint density at radius 3 is 2.78 bits per heavy atom. The van der Waals surface area contributed by atoms with Gasteiger partial charge in [-0.15, -0.1) is 11.3 Å². The quantitative estimate of drug-likeness (QED) is 0.427. The van der Waals surface area contributed by atoms with E-state index in [-0.39, 0.29) is 10.1 Å². The molecule has 7 nitrogen and oxygen atoms in total. The lowest BCUT2D eigenvalue weighted by atomic mass is 10.1. The number of carbonyl (C=O) groups excluding carboxylic acids is 1. The topological polar surface area (TPSA) is 92.5 Å². The highest BCUT2D eigenvalue weighted by Gasteiger charge is 2.40. The molecule has 1 amide bonds. The number of para-hydroxylation sites is 2. The van der Waals surface area contributed by atoms with Crippen LogP contribution in [-0.4, -0.2) is 36.2 Å². The van der Waals surface area contributed by atoms with Crippen molar-refractivity contribution < 1.29 is 17.6 Å². The van der Waals surface area contributed by atoms with Gasteiger partial charge in [-0.3, -0.25) is 4.79 Å². The van der Waals surface area contributed by atoms with E-state index in [4.69, 9.17) is 16.0 Å². The summed E-state index contributed by atoms with van der Waals surface area (Å²) in [4.78, 5) is 17.5. The molecule has 1 fully saturated rings. The molecule has 1 atom stereocenters. The normalized spacial score (nSPS) is 17.1. The monoisotopic (exact) mass is 487 g/mol. The van der Waals surface area contributed by atoms with Crippen LogP contribution in [0.5, 0.6) is 0 Å². The van der Waals surface area contributed by atoms with E-state index in [2.05, 4.69) is 10.3 Å². The first-order chi connectivity index (χ1) is 15.4. The van der Waals surface area contributed by atoms with E-state index >= 15 is 0 Å². The molecule has 0 spiro atoms. The molecular weight excluding hydrogens is 470 g/mol. The Labute approximate surface area is 193 Å². The van der Waals surface area contributed by atoms with Crippen LogP contribution in [0.4, 0.5) is 5.69 Å². The number of amides is 1.